The molecule has 0 spiro atoms. The van der Waals surface area contributed by atoms with Crippen LogP contribution in [0.5, 0.6) is 0 Å². The highest BCUT2D eigenvalue weighted by Gasteiger charge is 2.15. The summed E-state index contributed by atoms with van der Waals surface area (Å²) in [5.41, 5.74) is 1.91. The first-order valence-electron chi connectivity index (χ1n) is 8.26. The van der Waals surface area contributed by atoms with Gasteiger partial charge in [0.1, 0.15) is 11.3 Å². The third-order valence-electron chi connectivity index (χ3n) is 3.44. The minimum absolute atomic E-state index is 0.0469. The number of ether oxygens (including phenoxy) is 1. The summed E-state index contributed by atoms with van der Waals surface area (Å²) in [6, 6.07) is 14.1. The van der Waals surface area contributed by atoms with Crippen LogP contribution in [0.3, 0.4) is 0 Å². The van der Waals surface area contributed by atoms with Crippen molar-refractivity contribution in [2.24, 2.45) is 0 Å². The van der Waals surface area contributed by atoms with E-state index in [4.69, 9.17) is 4.74 Å². The van der Waals surface area contributed by atoms with E-state index in [1.807, 2.05) is 45.0 Å². The Morgan fingerprint density at radius 2 is 1.62 bits per heavy atom. The molecule has 26 heavy (non-hydrogen) atoms. The molecule has 0 heterocycles. The normalized spacial score (nSPS) is 10.9. The van der Waals surface area contributed by atoms with Crippen molar-refractivity contribution >= 4 is 17.5 Å². The van der Waals surface area contributed by atoms with Gasteiger partial charge in [0.2, 0.25) is 0 Å². The second-order valence-electron chi connectivity index (χ2n) is 6.80. The maximum absolute atomic E-state index is 11.6. The van der Waals surface area contributed by atoms with Crippen LogP contribution in [0.15, 0.2) is 48.5 Å². The van der Waals surface area contributed by atoms with Gasteiger partial charge in [-0.15, -0.1) is 0 Å². The van der Waals surface area contributed by atoms with Crippen molar-refractivity contribution < 1.29 is 14.5 Å². The lowest BCUT2D eigenvalue weighted by molar-refractivity contribution is -0.384. The fraction of sp³-hybridized carbons (Fsp3) is 0.316. The van der Waals surface area contributed by atoms with Crippen molar-refractivity contribution in [2.75, 3.05) is 5.32 Å². The number of rotatable bonds is 6. The van der Waals surface area contributed by atoms with Crippen LogP contribution in [-0.2, 0) is 17.8 Å². The van der Waals surface area contributed by atoms with Crippen molar-refractivity contribution in [1.29, 1.82) is 0 Å². The minimum Gasteiger partial charge on any atom is -0.444 e. The van der Waals surface area contributed by atoms with Crippen molar-refractivity contribution in [3.8, 4) is 0 Å². The number of hydrogen-bond acceptors (Lipinski definition) is 5. The Morgan fingerprint density at radius 1 is 1.04 bits per heavy atom. The van der Waals surface area contributed by atoms with E-state index in [9.17, 15) is 14.9 Å². The fourth-order valence-electron chi connectivity index (χ4n) is 2.24. The number of nitro benzene ring substituents is 1. The van der Waals surface area contributed by atoms with E-state index in [0.29, 0.717) is 18.8 Å². The number of anilines is 1. The predicted octanol–water partition coefficient (Wildman–Crippen LogP) is 4.23. The molecule has 1 amide bonds. The van der Waals surface area contributed by atoms with Gasteiger partial charge < -0.3 is 15.4 Å². The summed E-state index contributed by atoms with van der Waals surface area (Å²) in [7, 11) is 0. The molecule has 0 bridgehead atoms. The van der Waals surface area contributed by atoms with Gasteiger partial charge in [-0.05, 0) is 38.0 Å². The molecule has 2 rings (SSSR count). The van der Waals surface area contributed by atoms with Gasteiger partial charge in [-0.1, -0.05) is 36.4 Å². The number of hydrogen-bond donors (Lipinski definition) is 2. The van der Waals surface area contributed by atoms with Crippen molar-refractivity contribution in [2.45, 2.75) is 39.5 Å². The molecule has 2 aromatic carbocycles. The summed E-state index contributed by atoms with van der Waals surface area (Å²) in [6.07, 6.45) is -0.459. The number of carbonyl (C=O) groups excluding carboxylic acids is 1. The minimum atomic E-state index is -0.528. The van der Waals surface area contributed by atoms with Gasteiger partial charge in [-0.3, -0.25) is 10.1 Å². The highest BCUT2D eigenvalue weighted by Crippen LogP contribution is 2.23. The number of para-hydroxylation sites is 2. The quantitative estimate of drug-likeness (QED) is 0.596. The monoisotopic (exact) mass is 357 g/mol. The number of carbonyl (C=O) groups is 1. The fourth-order valence-corrected chi connectivity index (χ4v) is 2.24. The van der Waals surface area contributed by atoms with Gasteiger partial charge in [0, 0.05) is 19.2 Å². The van der Waals surface area contributed by atoms with Gasteiger partial charge in [0.15, 0.2) is 0 Å². The third kappa shape index (κ3) is 6.08. The van der Waals surface area contributed by atoms with Gasteiger partial charge in [0.05, 0.1) is 4.92 Å². The van der Waals surface area contributed by atoms with E-state index in [1.54, 1.807) is 18.2 Å². The van der Waals surface area contributed by atoms with Crippen molar-refractivity contribution in [1.82, 2.24) is 5.32 Å². The van der Waals surface area contributed by atoms with E-state index in [2.05, 4.69) is 10.6 Å². The zero-order valence-electron chi connectivity index (χ0n) is 15.1. The second kappa shape index (κ2) is 8.33. The molecule has 0 aliphatic carbocycles. The molecule has 0 fully saturated rings. The van der Waals surface area contributed by atoms with Crippen LogP contribution in [-0.4, -0.2) is 16.6 Å². The highest BCUT2D eigenvalue weighted by atomic mass is 16.6. The third-order valence-corrected chi connectivity index (χ3v) is 3.44. The first-order valence-corrected chi connectivity index (χ1v) is 8.26. The summed E-state index contributed by atoms with van der Waals surface area (Å²) >= 11 is 0. The Bertz CT molecular complexity index is 767. The Kier molecular flexibility index (Phi) is 6.16. The van der Waals surface area contributed by atoms with Crippen molar-refractivity contribution in [3.63, 3.8) is 0 Å². The zero-order chi connectivity index (χ0) is 19.2. The lowest BCUT2D eigenvalue weighted by Crippen LogP contribution is -2.32. The largest absolute Gasteiger partial charge is 0.444 e. The summed E-state index contributed by atoms with van der Waals surface area (Å²) in [5.74, 6) is 0. The molecule has 7 nitrogen and oxygen atoms in total. The Labute approximate surface area is 152 Å². The molecule has 0 unspecified atom stereocenters. The molecule has 2 N–H and O–H groups in total. The molecule has 0 saturated carbocycles. The second-order valence-corrected chi connectivity index (χ2v) is 6.80. The van der Waals surface area contributed by atoms with Crippen LogP contribution in [0.1, 0.15) is 31.9 Å². The molecule has 0 radical (unpaired) electrons. The number of nitrogens with zero attached hydrogens (tertiary/aromatic N) is 1. The van der Waals surface area contributed by atoms with Crippen LogP contribution in [0.2, 0.25) is 0 Å². The SMILES string of the molecule is CC(C)(C)OC(=O)NCc1ccc(CNc2ccccc2[N+](=O)[O-])cc1. The van der Waals surface area contributed by atoms with Crippen LogP contribution in [0, 0.1) is 10.1 Å². The molecule has 0 aliphatic heterocycles. The molecule has 7 heteroatoms. The average Bonchev–Trinajstić information content (AvgIpc) is 2.57. The number of benzene rings is 2. The van der Waals surface area contributed by atoms with E-state index < -0.39 is 16.6 Å². The van der Waals surface area contributed by atoms with Gasteiger partial charge in [-0.25, -0.2) is 4.79 Å². The summed E-state index contributed by atoms with van der Waals surface area (Å²) in [5, 5.41) is 16.8. The Balaban J connectivity index is 1.88. The van der Waals surface area contributed by atoms with Crippen LogP contribution >= 0.6 is 0 Å². The van der Waals surface area contributed by atoms with E-state index >= 15 is 0 Å². The topological polar surface area (TPSA) is 93.5 Å². The van der Waals surface area contributed by atoms with E-state index in [-0.39, 0.29) is 5.69 Å². The van der Waals surface area contributed by atoms with Gasteiger partial charge >= 0.3 is 6.09 Å². The highest BCUT2D eigenvalue weighted by molar-refractivity contribution is 5.67. The summed E-state index contributed by atoms with van der Waals surface area (Å²) in [4.78, 5) is 22.3. The number of nitro groups is 1. The summed E-state index contributed by atoms with van der Waals surface area (Å²) < 4.78 is 5.19. The van der Waals surface area contributed by atoms with Crippen LogP contribution in [0.25, 0.3) is 0 Å². The Hall–Kier alpha value is -3.09. The molecule has 0 aromatic heterocycles. The molecule has 2 aromatic rings. The number of amides is 1. The maximum atomic E-state index is 11.6. The van der Waals surface area contributed by atoms with Crippen molar-refractivity contribution in [3.05, 3.63) is 69.8 Å². The van der Waals surface area contributed by atoms with Crippen LogP contribution < -0.4 is 10.6 Å². The first kappa shape index (κ1) is 19.2. The lowest BCUT2D eigenvalue weighted by Gasteiger charge is -2.19. The summed E-state index contributed by atoms with van der Waals surface area (Å²) in [6.45, 7) is 6.26. The first-order chi connectivity index (χ1) is 12.2. The maximum Gasteiger partial charge on any atom is 0.407 e. The molecular weight excluding hydrogens is 334 g/mol. The number of nitrogens with one attached hydrogen (secondary N) is 2. The lowest BCUT2D eigenvalue weighted by atomic mass is 10.1. The van der Waals surface area contributed by atoms with E-state index in [1.165, 1.54) is 6.07 Å². The average molecular weight is 357 g/mol. The predicted molar refractivity (Wildman–Crippen MR) is 99.9 cm³/mol. The zero-order valence-corrected chi connectivity index (χ0v) is 15.1. The molecule has 0 atom stereocenters. The standard InChI is InChI=1S/C19H23N3O4/c1-19(2,3)26-18(23)21-13-15-10-8-14(9-11-15)12-20-16-6-4-5-7-17(16)22(24)25/h4-11,20H,12-13H2,1-3H3,(H,21,23). The molecule has 0 aliphatic rings. The Morgan fingerprint density at radius 3 is 2.19 bits per heavy atom. The number of alkyl carbamates (subject to hydrolysis) is 1. The molecule has 0 saturated heterocycles. The van der Waals surface area contributed by atoms with Crippen LogP contribution in [0.4, 0.5) is 16.2 Å². The van der Waals surface area contributed by atoms with Gasteiger partial charge in [-0.2, -0.15) is 0 Å². The molecule has 138 valence electrons. The molecular formula is C19H23N3O4. The smallest absolute Gasteiger partial charge is 0.407 e. The van der Waals surface area contributed by atoms with E-state index in [0.717, 1.165) is 11.1 Å². The van der Waals surface area contributed by atoms with Gasteiger partial charge in [0.25, 0.3) is 5.69 Å².